The van der Waals surface area contributed by atoms with Gasteiger partial charge in [-0.05, 0) is 31.4 Å². The molecule has 0 saturated heterocycles. The molecule has 1 aliphatic rings. The highest BCUT2D eigenvalue weighted by atomic mass is 32.1. The predicted molar refractivity (Wildman–Crippen MR) is 66.1 cm³/mol. The fourth-order valence-electron chi connectivity index (χ4n) is 1.49. The summed E-state index contributed by atoms with van der Waals surface area (Å²) >= 11 is 4.90. The largest absolute Gasteiger partial charge is 0.392 e. The van der Waals surface area contributed by atoms with Crippen molar-refractivity contribution in [2.24, 2.45) is 11.1 Å². The molecule has 0 bridgehead atoms. The van der Waals surface area contributed by atoms with Gasteiger partial charge in [-0.25, -0.2) is 4.98 Å². The number of thiocarbonyl (C=S) groups is 1. The summed E-state index contributed by atoms with van der Waals surface area (Å²) < 4.78 is 0. The van der Waals surface area contributed by atoms with Gasteiger partial charge >= 0.3 is 0 Å². The maximum absolute atomic E-state index is 11.9. The molecular formula is C11H13N3OS. The molecule has 0 aliphatic heterocycles. The highest BCUT2D eigenvalue weighted by Gasteiger charge is 2.52. The topological polar surface area (TPSA) is 68.0 Å². The van der Waals surface area contributed by atoms with Gasteiger partial charge in [-0.1, -0.05) is 18.3 Å². The van der Waals surface area contributed by atoms with Crippen molar-refractivity contribution in [1.82, 2.24) is 4.98 Å². The Hall–Kier alpha value is -1.49. The molecule has 4 nitrogen and oxygen atoms in total. The molecule has 1 aromatic rings. The molecule has 1 aromatic heterocycles. The van der Waals surface area contributed by atoms with Crippen molar-refractivity contribution in [3.05, 3.63) is 23.9 Å². The van der Waals surface area contributed by atoms with Gasteiger partial charge in [-0.3, -0.25) is 4.79 Å². The van der Waals surface area contributed by atoms with Crippen LogP contribution in [-0.2, 0) is 4.79 Å². The summed E-state index contributed by atoms with van der Waals surface area (Å²) in [4.78, 5) is 16.3. The summed E-state index contributed by atoms with van der Waals surface area (Å²) in [6, 6.07) is 3.66. The van der Waals surface area contributed by atoms with Gasteiger partial charge in [-0.15, -0.1) is 0 Å². The van der Waals surface area contributed by atoms with Gasteiger partial charge in [0.25, 0.3) is 0 Å². The highest BCUT2D eigenvalue weighted by Crippen LogP contribution is 2.46. The zero-order valence-corrected chi connectivity index (χ0v) is 9.80. The van der Waals surface area contributed by atoms with Gasteiger partial charge in [0, 0.05) is 6.20 Å². The number of rotatable bonds is 3. The quantitative estimate of drug-likeness (QED) is 0.777. The molecular weight excluding hydrogens is 222 g/mol. The van der Waals surface area contributed by atoms with Gasteiger partial charge in [0.05, 0.1) is 10.4 Å². The van der Waals surface area contributed by atoms with Crippen LogP contribution in [0.4, 0.5) is 5.82 Å². The number of carbonyl (C=O) groups excluding carboxylic acids is 1. The zero-order valence-electron chi connectivity index (χ0n) is 8.99. The van der Waals surface area contributed by atoms with E-state index in [9.17, 15) is 4.79 Å². The molecule has 5 heteroatoms. The second kappa shape index (κ2) is 3.83. The molecule has 1 saturated carbocycles. The Balaban J connectivity index is 2.08. The minimum Gasteiger partial charge on any atom is -0.392 e. The lowest BCUT2D eigenvalue weighted by Gasteiger charge is -2.12. The minimum atomic E-state index is -0.623. The Labute approximate surface area is 99.2 Å². The first-order chi connectivity index (χ1) is 7.54. The Bertz CT molecular complexity index is 437. The third kappa shape index (κ3) is 1.90. The maximum Gasteiger partial charge on any atom is 0.238 e. The van der Waals surface area contributed by atoms with E-state index in [-0.39, 0.29) is 10.9 Å². The van der Waals surface area contributed by atoms with E-state index >= 15 is 0 Å². The van der Waals surface area contributed by atoms with Crippen molar-refractivity contribution >= 4 is 28.9 Å². The molecule has 0 unspecified atom stereocenters. The van der Waals surface area contributed by atoms with E-state index in [0.29, 0.717) is 5.82 Å². The third-order valence-electron chi connectivity index (χ3n) is 2.81. The van der Waals surface area contributed by atoms with Crippen LogP contribution in [0, 0.1) is 12.3 Å². The third-order valence-corrected chi connectivity index (χ3v) is 3.20. The summed E-state index contributed by atoms with van der Waals surface area (Å²) in [6.45, 7) is 1.94. The van der Waals surface area contributed by atoms with Crippen molar-refractivity contribution in [3.63, 3.8) is 0 Å². The Morgan fingerprint density at radius 3 is 2.69 bits per heavy atom. The first-order valence-corrected chi connectivity index (χ1v) is 5.49. The average molecular weight is 235 g/mol. The predicted octanol–water partition coefficient (Wildman–Crippen LogP) is 1.39. The fraction of sp³-hybridized carbons (Fsp3) is 0.364. The number of nitrogens with one attached hydrogen (secondary N) is 1. The molecule has 0 spiro atoms. The number of hydrogen-bond donors (Lipinski definition) is 2. The Morgan fingerprint density at radius 1 is 1.56 bits per heavy atom. The number of hydrogen-bond acceptors (Lipinski definition) is 3. The summed E-state index contributed by atoms with van der Waals surface area (Å²) in [7, 11) is 0. The van der Waals surface area contributed by atoms with Gasteiger partial charge < -0.3 is 11.1 Å². The van der Waals surface area contributed by atoms with Crippen LogP contribution in [0.25, 0.3) is 0 Å². The molecule has 0 aromatic carbocycles. The molecule has 84 valence electrons. The highest BCUT2D eigenvalue weighted by molar-refractivity contribution is 7.80. The molecule has 1 amide bonds. The molecule has 2 rings (SSSR count). The van der Waals surface area contributed by atoms with Crippen molar-refractivity contribution in [2.45, 2.75) is 19.8 Å². The van der Waals surface area contributed by atoms with Crippen molar-refractivity contribution < 1.29 is 4.79 Å². The van der Waals surface area contributed by atoms with E-state index < -0.39 is 5.41 Å². The maximum atomic E-state index is 11.9. The number of nitrogens with two attached hydrogens (primary N) is 1. The second-order valence-corrected chi connectivity index (χ2v) is 4.56. The normalized spacial score (nSPS) is 16.6. The number of pyridine rings is 1. The van der Waals surface area contributed by atoms with Crippen LogP contribution in [0.15, 0.2) is 18.3 Å². The second-order valence-electron chi connectivity index (χ2n) is 4.12. The van der Waals surface area contributed by atoms with Crippen LogP contribution in [0.3, 0.4) is 0 Å². The summed E-state index contributed by atoms with van der Waals surface area (Å²) in [5.41, 5.74) is 5.99. The first kappa shape index (κ1) is 11.0. The lowest BCUT2D eigenvalue weighted by Crippen LogP contribution is -2.35. The lowest BCUT2D eigenvalue weighted by molar-refractivity contribution is -0.118. The van der Waals surface area contributed by atoms with Crippen LogP contribution in [-0.4, -0.2) is 15.9 Å². The van der Waals surface area contributed by atoms with Gasteiger partial charge in [0.1, 0.15) is 5.82 Å². The number of nitrogens with zero attached hydrogens (tertiary/aromatic N) is 1. The first-order valence-electron chi connectivity index (χ1n) is 5.09. The molecule has 0 radical (unpaired) electrons. The number of amides is 1. The van der Waals surface area contributed by atoms with E-state index in [1.807, 2.05) is 13.0 Å². The van der Waals surface area contributed by atoms with Gasteiger partial charge in [0.2, 0.25) is 5.91 Å². The molecule has 0 atom stereocenters. The number of aryl methyl sites for hydroxylation is 1. The van der Waals surface area contributed by atoms with E-state index in [4.69, 9.17) is 18.0 Å². The molecule has 1 aliphatic carbocycles. The molecule has 1 fully saturated rings. The van der Waals surface area contributed by atoms with E-state index in [0.717, 1.165) is 18.4 Å². The van der Waals surface area contributed by atoms with E-state index in [1.165, 1.54) is 0 Å². The van der Waals surface area contributed by atoms with Crippen molar-refractivity contribution in [3.8, 4) is 0 Å². The lowest BCUT2D eigenvalue weighted by atomic mass is 10.1. The smallest absolute Gasteiger partial charge is 0.238 e. The van der Waals surface area contributed by atoms with Crippen LogP contribution in [0.2, 0.25) is 0 Å². The van der Waals surface area contributed by atoms with Crippen molar-refractivity contribution in [1.29, 1.82) is 0 Å². The average Bonchev–Trinajstić information content (AvgIpc) is 3.02. The zero-order chi connectivity index (χ0) is 11.8. The van der Waals surface area contributed by atoms with Crippen LogP contribution in [0.5, 0.6) is 0 Å². The van der Waals surface area contributed by atoms with Gasteiger partial charge in [0.15, 0.2) is 0 Å². The standard InChI is InChI=1S/C11H13N3OS/c1-7-2-3-8(13-6-7)14-10(15)11(4-5-11)9(12)16/h2-3,6H,4-5H2,1H3,(H2,12,16)(H,13,14,15). The van der Waals surface area contributed by atoms with Crippen LogP contribution >= 0.6 is 12.2 Å². The van der Waals surface area contributed by atoms with Crippen LogP contribution < -0.4 is 11.1 Å². The Morgan fingerprint density at radius 2 is 2.25 bits per heavy atom. The van der Waals surface area contributed by atoms with Crippen molar-refractivity contribution in [2.75, 3.05) is 5.32 Å². The Kier molecular flexibility index (Phi) is 2.63. The number of anilines is 1. The van der Waals surface area contributed by atoms with Gasteiger partial charge in [-0.2, -0.15) is 0 Å². The molecule has 16 heavy (non-hydrogen) atoms. The number of carbonyl (C=O) groups is 1. The van der Waals surface area contributed by atoms with E-state index in [2.05, 4.69) is 10.3 Å². The fourth-order valence-corrected chi connectivity index (χ4v) is 1.78. The number of aromatic nitrogens is 1. The van der Waals surface area contributed by atoms with E-state index in [1.54, 1.807) is 12.3 Å². The minimum absolute atomic E-state index is 0.142. The SMILES string of the molecule is Cc1ccc(NC(=O)C2(C(N)=S)CC2)nc1. The summed E-state index contributed by atoms with van der Waals surface area (Å²) in [5, 5.41) is 2.74. The summed E-state index contributed by atoms with van der Waals surface area (Å²) in [6.07, 6.45) is 3.18. The molecule has 1 heterocycles. The summed E-state index contributed by atoms with van der Waals surface area (Å²) in [5.74, 6) is 0.398. The van der Waals surface area contributed by atoms with Crippen LogP contribution in [0.1, 0.15) is 18.4 Å². The monoisotopic (exact) mass is 235 g/mol. The molecule has 3 N–H and O–H groups in total.